The summed E-state index contributed by atoms with van der Waals surface area (Å²) in [6, 6.07) is 6.41. The number of nitrogens with one attached hydrogen (secondary N) is 2. The van der Waals surface area contributed by atoms with Crippen LogP contribution in [0, 0.1) is 0 Å². The van der Waals surface area contributed by atoms with Crippen molar-refractivity contribution in [2.45, 2.75) is 51.0 Å². The smallest absolute Gasteiger partial charge is 0.336 e. The topological polar surface area (TPSA) is 137 Å². The number of cyclic esters (lactones) is 1. The molecule has 1 aromatic carbocycles. The lowest BCUT2D eigenvalue weighted by atomic mass is 10.1. The Morgan fingerprint density at radius 1 is 0.973 bits per heavy atom. The third-order valence-corrected chi connectivity index (χ3v) is 6.07. The first-order chi connectivity index (χ1) is 17.9. The van der Waals surface area contributed by atoms with Crippen LogP contribution in [0.3, 0.4) is 0 Å². The van der Waals surface area contributed by atoms with Crippen LogP contribution in [0.4, 0.5) is 0 Å². The second kappa shape index (κ2) is 12.2. The number of esters is 1. The summed E-state index contributed by atoms with van der Waals surface area (Å²) in [6.07, 6.45) is 4.97. The van der Waals surface area contributed by atoms with Crippen LogP contribution in [-0.2, 0) is 19.1 Å². The van der Waals surface area contributed by atoms with E-state index in [1.807, 2.05) is 0 Å². The Kier molecular flexibility index (Phi) is 8.60. The predicted molar refractivity (Wildman–Crippen MR) is 135 cm³/mol. The SMILES string of the molecule is C=C1CC(CCCNC(=O)CCCNC(=O)CCCOc2c3ccoc3cc3oc(=O)ccc23)OC1=O. The quantitative estimate of drug-likeness (QED) is 0.155. The number of hydrogen-bond donors (Lipinski definition) is 2. The van der Waals surface area contributed by atoms with E-state index in [1.165, 1.54) is 12.3 Å². The molecule has 1 aliphatic rings. The van der Waals surface area contributed by atoms with E-state index in [0.29, 0.717) is 79.7 Å². The molecule has 0 aliphatic carbocycles. The molecule has 0 saturated carbocycles. The molecule has 2 N–H and O–H groups in total. The summed E-state index contributed by atoms with van der Waals surface area (Å²) in [4.78, 5) is 46.9. The zero-order valence-corrected chi connectivity index (χ0v) is 20.5. The van der Waals surface area contributed by atoms with Gasteiger partial charge in [0.1, 0.15) is 23.0 Å². The Hall–Kier alpha value is -4.08. The summed E-state index contributed by atoms with van der Waals surface area (Å²) in [7, 11) is 0. The molecule has 10 nitrogen and oxygen atoms in total. The Balaban J connectivity index is 1.09. The van der Waals surface area contributed by atoms with Crippen molar-refractivity contribution in [3.63, 3.8) is 0 Å². The maximum atomic E-state index is 12.1. The van der Waals surface area contributed by atoms with E-state index in [2.05, 4.69) is 17.2 Å². The minimum absolute atomic E-state index is 0.0769. The van der Waals surface area contributed by atoms with Gasteiger partial charge in [0, 0.05) is 50.1 Å². The number of hydrogen-bond acceptors (Lipinski definition) is 8. The molecule has 1 saturated heterocycles. The zero-order chi connectivity index (χ0) is 26.2. The lowest BCUT2D eigenvalue weighted by Gasteiger charge is -2.10. The third kappa shape index (κ3) is 6.99. The molecule has 0 spiro atoms. The second-order valence-electron chi connectivity index (χ2n) is 8.94. The molecule has 3 aromatic rings. The number of rotatable bonds is 13. The van der Waals surface area contributed by atoms with Gasteiger partial charge in [0.05, 0.1) is 23.6 Å². The van der Waals surface area contributed by atoms with Crippen molar-refractivity contribution in [3.8, 4) is 5.75 Å². The molecule has 1 fully saturated rings. The zero-order valence-electron chi connectivity index (χ0n) is 20.5. The van der Waals surface area contributed by atoms with Gasteiger partial charge in [-0.15, -0.1) is 0 Å². The fourth-order valence-corrected chi connectivity index (χ4v) is 4.18. The van der Waals surface area contributed by atoms with E-state index < -0.39 is 5.63 Å². The van der Waals surface area contributed by atoms with Crippen molar-refractivity contribution in [2.75, 3.05) is 19.7 Å². The molecular formula is C27H30N2O8. The van der Waals surface area contributed by atoms with Crippen LogP contribution < -0.4 is 21.0 Å². The van der Waals surface area contributed by atoms with Gasteiger partial charge in [-0.1, -0.05) is 6.58 Å². The number of furan rings is 1. The van der Waals surface area contributed by atoms with Crippen molar-refractivity contribution in [3.05, 3.63) is 53.1 Å². The van der Waals surface area contributed by atoms with Gasteiger partial charge in [0.25, 0.3) is 0 Å². The first-order valence-corrected chi connectivity index (χ1v) is 12.4. The molecule has 4 rings (SSSR count). The summed E-state index contributed by atoms with van der Waals surface area (Å²) >= 11 is 0. The van der Waals surface area contributed by atoms with Gasteiger partial charge < -0.3 is 28.9 Å². The second-order valence-corrected chi connectivity index (χ2v) is 8.94. The highest BCUT2D eigenvalue weighted by atomic mass is 16.5. The number of ether oxygens (including phenoxy) is 2. The molecule has 37 heavy (non-hydrogen) atoms. The van der Waals surface area contributed by atoms with Crippen LogP contribution >= 0.6 is 0 Å². The summed E-state index contributed by atoms with van der Waals surface area (Å²) in [6.45, 7) is 4.87. The molecule has 0 radical (unpaired) electrons. The van der Waals surface area contributed by atoms with E-state index in [-0.39, 0.29) is 30.3 Å². The van der Waals surface area contributed by atoms with Crippen molar-refractivity contribution >= 4 is 39.7 Å². The Morgan fingerprint density at radius 2 is 1.70 bits per heavy atom. The lowest BCUT2D eigenvalue weighted by Crippen LogP contribution is -2.28. The van der Waals surface area contributed by atoms with Crippen LogP contribution in [0.1, 0.15) is 44.9 Å². The van der Waals surface area contributed by atoms with Gasteiger partial charge in [-0.05, 0) is 37.8 Å². The average molecular weight is 511 g/mol. The molecule has 2 aromatic heterocycles. The van der Waals surface area contributed by atoms with Crippen molar-refractivity contribution in [1.29, 1.82) is 0 Å². The standard InChI is InChI=1S/C27H30N2O8/c1-17-15-18(36-27(17)33)5-2-11-28-23(30)6-3-12-29-24(31)7-4-13-35-26-19-8-9-25(32)37-22(19)16-21-20(26)10-14-34-21/h8-10,14,16,18H,1-7,11-13,15H2,(H,28,30)(H,29,31). The highest BCUT2D eigenvalue weighted by molar-refractivity contribution is 6.01. The fourth-order valence-electron chi connectivity index (χ4n) is 4.18. The van der Waals surface area contributed by atoms with E-state index in [4.69, 9.17) is 18.3 Å². The third-order valence-electron chi connectivity index (χ3n) is 6.07. The van der Waals surface area contributed by atoms with Crippen LogP contribution in [0.25, 0.3) is 21.9 Å². The largest absolute Gasteiger partial charge is 0.492 e. The number of benzene rings is 1. The van der Waals surface area contributed by atoms with Crippen molar-refractivity contribution in [2.24, 2.45) is 0 Å². The average Bonchev–Trinajstić information content (AvgIpc) is 3.47. The van der Waals surface area contributed by atoms with Crippen molar-refractivity contribution < 1.29 is 32.7 Å². The highest BCUT2D eigenvalue weighted by Gasteiger charge is 2.26. The summed E-state index contributed by atoms with van der Waals surface area (Å²) in [5.74, 6) is 0.0208. The minimum Gasteiger partial charge on any atom is -0.492 e. The monoisotopic (exact) mass is 510 g/mol. The summed E-state index contributed by atoms with van der Waals surface area (Å²) in [5.41, 5.74) is 0.959. The Bertz CT molecular complexity index is 1340. The molecule has 2 amide bonds. The molecule has 3 heterocycles. The van der Waals surface area contributed by atoms with Gasteiger partial charge >= 0.3 is 11.6 Å². The maximum absolute atomic E-state index is 12.1. The van der Waals surface area contributed by atoms with Gasteiger partial charge in [-0.3, -0.25) is 9.59 Å². The molecule has 10 heteroatoms. The van der Waals surface area contributed by atoms with Gasteiger partial charge in [-0.25, -0.2) is 9.59 Å². The molecule has 196 valence electrons. The maximum Gasteiger partial charge on any atom is 0.336 e. The van der Waals surface area contributed by atoms with Crippen LogP contribution in [0.2, 0.25) is 0 Å². The first kappa shape index (κ1) is 26.0. The van der Waals surface area contributed by atoms with E-state index in [0.717, 1.165) is 11.8 Å². The van der Waals surface area contributed by atoms with Crippen molar-refractivity contribution in [1.82, 2.24) is 10.6 Å². The molecule has 1 atom stereocenters. The van der Waals surface area contributed by atoms with E-state index in [1.54, 1.807) is 18.2 Å². The molecule has 0 bridgehead atoms. The first-order valence-electron chi connectivity index (χ1n) is 12.4. The number of amides is 2. The predicted octanol–water partition coefficient (Wildman–Crippen LogP) is 3.36. The summed E-state index contributed by atoms with van der Waals surface area (Å²) in [5, 5.41) is 7.07. The number of carbonyl (C=O) groups is 3. The van der Waals surface area contributed by atoms with Gasteiger partial charge in [0.15, 0.2) is 0 Å². The Morgan fingerprint density at radius 3 is 2.46 bits per heavy atom. The number of carbonyl (C=O) groups excluding carboxylic acids is 3. The van der Waals surface area contributed by atoms with E-state index >= 15 is 0 Å². The highest BCUT2D eigenvalue weighted by Crippen LogP contribution is 2.35. The van der Waals surface area contributed by atoms with Gasteiger partial charge in [0.2, 0.25) is 11.8 Å². The van der Waals surface area contributed by atoms with Crippen LogP contribution in [-0.4, -0.2) is 43.6 Å². The lowest BCUT2D eigenvalue weighted by molar-refractivity contribution is -0.139. The minimum atomic E-state index is -0.460. The number of fused-ring (bicyclic) bond motifs is 2. The summed E-state index contributed by atoms with van der Waals surface area (Å²) < 4.78 is 21.8. The van der Waals surface area contributed by atoms with Gasteiger partial charge in [-0.2, -0.15) is 0 Å². The molecule has 1 unspecified atom stereocenters. The van der Waals surface area contributed by atoms with Crippen LogP contribution in [0.5, 0.6) is 5.75 Å². The molecular weight excluding hydrogens is 480 g/mol. The van der Waals surface area contributed by atoms with Crippen LogP contribution in [0.15, 0.2) is 56.3 Å². The fraction of sp³-hybridized carbons (Fsp3) is 0.407. The Labute approximate surface area is 213 Å². The molecule has 1 aliphatic heterocycles. The normalized spacial score (nSPS) is 15.2. The van der Waals surface area contributed by atoms with E-state index in [9.17, 15) is 19.2 Å².